The number of hydrogen-bond acceptors (Lipinski definition) is 9. The Hall–Kier alpha value is -3.42. The van der Waals surface area contributed by atoms with Crippen molar-refractivity contribution in [1.82, 2.24) is 24.7 Å². The van der Waals surface area contributed by atoms with Gasteiger partial charge in [0.2, 0.25) is 0 Å². The largest absolute Gasteiger partial charge is 0.463 e. The predicted octanol–water partition coefficient (Wildman–Crippen LogP) is 5.97. The van der Waals surface area contributed by atoms with E-state index in [1.807, 2.05) is 56.0 Å². The average Bonchev–Trinajstić information content (AvgIpc) is 3.04. The van der Waals surface area contributed by atoms with Crippen LogP contribution in [0.15, 0.2) is 40.9 Å². The molecule has 0 spiro atoms. The topological polar surface area (TPSA) is 101 Å². The number of ether oxygens (including phenoxy) is 3. The number of rotatable bonds is 8. The molecule has 0 unspecified atom stereocenters. The van der Waals surface area contributed by atoms with Crippen molar-refractivity contribution < 1.29 is 28.2 Å². The van der Waals surface area contributed by atoms with Crippen molar-refractivity contribution in [3.8, 4) is 6.01 Å². The van der Waals surface area contributed by atoms with Gasteiger partial charge in [-0.2, -0.15) is 9.97 Å². The average molecular weight is 722 g/mol. The fourth-order valence-corrected chi connectivity index (χ4v) is 5.78. The van der Waals surface area contributed by atoms with Crippen LogP contribution in [0.2, 0.25) is 5.02 Å². The van der Waals surface area contributed by atoms with Gasteiger partial charge in [0.05, 0.1) is 16.1 Å². The summed E-state index contributed by atoms with van der Waals surface area (Å²) in [6, 6.07) is 11.2. The number of hydrogen-bond donors (Lipinski definition) is 0. The van der Waals surface area contributed by atoms with E-state index in [1.165, 1.54) is 0 Å². The molecule has 2 aromatic carbocycles. The first-order valence-corrected chi connectivity index (χ1v) is 16.5. The lowest BCUT2D eigenvalue weighted by molar-refractivity contribution is 0.0141. The number of benzene rings is 2. The number of fused-ring (bicyclic) bond motifs is 1. The second-order valence-electron chi connectivity index (χ2n) is 12.2. The third-order valence-electron chi connectivity index (χ3n) is 7.70. The highest BCUT2D eigenvalue weighted by atomic mass is 79.9. The van der Waals surface area contributed by atoms with Crippen LogP contribution in [0.1, 0.15) is 32.8 Å². The van der Waals surface area contributed by atoms with E-state index in [4.69, 9.17) is 25.8 Å². The van der Waals surface area contributed by atoms with Gasteiger partial charge >= 0.3 is 18.2 Å². The summed E-state index contributed by atoms with van der Waals surface area (Å²) in [4.78, 5) is 41.7. The molecule has 0 radical (unpaired) electrons. The highest BCUT2D eigenvalue weighted by Gasteiger charge is 2.28. The number of aromatic nitrogens is 2. The molecule has 2 saturated heterocycles. The highest BCUT2D eigenvalue weighted by molar-refractivity contribution is 9.10. The molecule has 2 amide bonds. The van der Waals surface area contributed by atoms with Crippen LogP contribution >= 0.6 is 27.5 Å². The van der Waals surface area contributed by atoms with E-state index >= 15 is 4.39 Å². The van der Waals surface area contributed by atoms with Crippen molar-refractivity contribution in [2.45, 2.75) is 39.4 Å². The number of carbonyl (C=O) groups excluding carboxylic acids is 2. The van der Waals surface area contributed by atoms with E-state index < -0.39 is 11.4 Å². The number of anilines is 1. The number of carbonyl (C=O) groups is 2. The molecule has 1 aromatic heterocycles. The highest BCUT2D eigenvalue weighted by Crippen LogP contribution is 2.36. The molecule has 2 aliphatic rings. The number of halogens is 3. The Morgan fingerprint density at radius 3 is 2.28 bits per heavy atom. The Labute approximate surface area is 281 Å². The van der Waals surface area contributed by atoms with Crippen molar-refractivity contribution in [1.29, 1.82) is 0 Å². The zero-order valence-corrected chi connectivity index (χ0v) is 28.6. The summed E-state index contributed by atoms with van der Waals surface area (Å²) in [5.41, 5.74) is 0.492. The maximum Gasteiger partial charge on any atom is 0.410 e. The van der Waals surface area contributed by atoms with E-state index in [0.717, 1.165) is 25.2 Å². The predicted molar refractivity (Wildman–Crippen MR) is 177 cm³/mol. The van der Waals surface area contributed by atoms with Crippen molar-refractivity contribution in [3.05, 3.63) is 57.3 Å². The lowest BCUT2D eigenvalue weighted by Crippen LogP contribution is -2.50. The Kier molecular flexibility index (Phi) is 11.1. The van der Waals surface area contributed by atoms with Crippen molar-refractivity contribution >= 4 is 56.4 Å². The third kappa shape index (κ3) is 8.68. The molecule has 2 aliphatic heterocycles. The van der Waals surface area contributed by atoms with Gasteiger partial charge in [0.1, 0.15) is 23.5 Å². The molecule has 0 bridgehead atoms. The molecule has 46 heavy (non-hydrogen) atoms. The van der Waals surface area contributed by atoms with Crippen molar-refractivity contribution in [3.63, 3.8) is 0 Å². The first kappa shape index (κ1) is 33.9. The molecule has 0 atom stereocenters. The lowest BCUT2D eigenvalue weighted by atomic mass is 10.2. The van der Waals surface area contributed by atoms with Crippen molar-refractivity contribution in [2.24, 2.45) is 0 Å². The van der Waals surface area contributed by atoms with E-state index in [-0.39, 0.29) is 39.8 Å². The van der Waals surface area contributed by atoms with Gasteiger partial charge in [-0.3, -0.25) is 4.90 Å². The quantitative estimate of drug-likeness (QED) is 0.206. The molecule has 2 fully saturated rings. The van der Waals surface area contributed by atoms with Crippen LogP contribution in [-0.2, 0) is 16.1 Å². The molecule has 3 heterocycles. The molecular weight excluding hydrogens is 683 g/mol. The van der Waals surface area contributed by atoms with Gasteiger partial charge in [-0.1, -0.05) is 41.9 Å². The Bertz CT molecular complexity index is 1530. The van der Waals surface area contributed by atoms with Crippen LogP contribution < -0.4 is 9.64 Å². The molecular formula is C32H39BrClFN6O5. The summed E-state index contributed by atoms with van der Waals surface area (Å²) in [6.45, 7) is 11.3. The molecule has 248 valence electrons. The smallest absolute Gasteiger partial charge is 0.410 e. The first-order chi connectivity index (χ1) is 22.0. The summed E-state index contributed by atoms with van der Waals surface area (Å²) in [5, 5.41) is 0.666. The molecule has 14 heteroatoms. The monoisotopic (exact) mass is 720 g/mol. The zero-order valence-electron chi connectivity index (χ0n) is 26.3. The second-order valence-corrected chi connectivity index (χ2v) is 13.4. The summed E-state index contributed by atoms with van der Waals surface area (Å²) in [7, 11) is 0. The standard InChI is InChI=1S/C32H39BrClFN6O5/c1-32(2,3)46-31(43)41-13-11-38(12-14-41)10-7-19-44-29-36-27-23(20-24(34)25(33)26(27)35)28(37-29)39-15-17-40(18-16-39)30(42)45-21-22-8-5-4-6-9-22/h4-6,8-9,20H,7,10-19,21H2,1-3H3. The van der Waals surface area contributed by atoms with E-state index in [9.17, 15) is 9.59 Å². The minimum Gasteiger partial charge on any atom is -0.463 e. The minimum atomic E-state index is -0.595. The molecule has 11 nitrogen and oxygen atoms in total. The molecule has 5 rings (SSSR count). The maximum atomic E-state index is 15.4. The van der Waals surface area contributed by atoms with Gasteiger partial charge in [0, 0.05) is 64.3 Å². The van der Waals surface area contributed by atoms with Crippen LogP contribution in [0.3, 0.4) is 0 Å². The fraction of sp³-hybridized carbons (Fsp3) is 0.500. The summed E-state index contributed by atoms with van der Waals surface area (Å²) in [5.74, 6) is -0.106. The van der Waals surface area contributed by atoms with Gasteiger partial charge in [-0.15, -0.1) is 0 Å². The molecule has 0 N–H and O–H groups in total. The zero-order chi connectivity index (χ0) is 32.8. The summed E-state index contributed by atoms with van der Waals surface area (Å²) >= 11 is 9.55. The van der Waals surface area contributed by atoms with Gasteiger partial charge in [0.25, 0.3) is 0 Å². The Morgan fingerprint density at radius 1 is 0.957 bits per heavy atom. The van der Waals surface area contributed by atoms with E-state index in [1.54, 1.807) is 15.9 Å². The van der Waals surface area contributed by atoms with Crippen LogP contribution in [0.5, 0.6) is 6.01 Å². The number of nitrogens with zero attached hydrogens (tertiary/aromatic N) is 6. The first-order valence-electron chi connectivity index (χ1n) is 15.4. The second kappa shape index (κ2) is 15.0. The van der Waals surface area contributed by atoms with Gasteiger partial charge in [-0.25, -0.2) is 14.0 Å². The van der Waals surface area contributed by atoms with Crippen LogP contribution in [0.4, 0.5) is 19.8 Å². The van der Waals surface area contributed by atoms with Crippen LogP contribution in [-0.4, -0.2) is 108 Å². The molecule has 3 aromatic rings. The number of amides is 2. The molecule has 0 saturated carbocycles. The van der Waals surface area contributed by atoms with Crippen molar-refractivity contribution in [2.75, 3.05) is 70.4 Å². The number of piperazine rings is 2. The van der Waals surface area contributed by atoms with Gasteiger partial charge < -0.3 is 28.9 Å². The summed E-state index contributed by atoms with van der Waals surface area (Å²) < 4.78 is 32.4. The van der Waals surface area contributed by atoms with E-state index in [0.29, 0.717) is 63.5 Å². The molecule has 0 aliphatic carbocycles. The van der Waals surface area contributed by atoms with Crippen LogP contribution in [0, 0.1) is 5.82 Å². The Balaban J connectivity index is 1.18. The lowest BCUT2D eigenvalue weighted by Gasteiger charge is -2.35. The maximum absolute atomic E-state index is 15.4. The summed E-state index contributed by atoms with van der Waals surface area (Å²) in [6.07, 6.45) is 0.0216. The third-order valence-corrected chi connectivity index (χ3v) is 9.00. The van der Waals surface area contributed by atoms with Gasteiger partial charge in [-0.05, 0) is 54.8 Å². The van der Waals surface area contributed by atoms with Gasteiger partial charge in [0.15, 0.2) is 5.82 Å². The normalized spacial score (nSPS) is 16.1. The SMILES string of the molecule is CC(C)(C)OC(=O)N1CCN(CCCOc2nc(N3CCN(C(=O)OCc4ccccc4)CC3)c3cc(Cl)c(Br)c(F)c3n2)CC1. The Morgan fingerprint density at radius 2 is 1.61 bits per heavy atom. The fourth-order valence-electron chi connectivity index (χ4n) is 5.29. The van der Waals surface area contributed by atoms with E-state index in [2.05, 4.69) is 30.8 Å². The minimum absolute atomic E-state index is 0.0649. The van der Waals surface area contributed by atoms with Crippen LogP contribution in [0.25, 0.3) is 10.9 Å².